The maximum atomic E-state index is 9.49. The SMILES string of the molecule is CN(C)Cc1cc(Cl)c(Cl)cc1O. The maximum absolute atomic E-state index is 9.49. The van der Waals surface area contributed by atoms with E-state index >= 15 is 0 Å². The van der Waals surface area contributed by atoms with Gasteiger partial charge in [0.2, 0.25) is 0 Å². The number of rotatable bonds is 2. The van der Waals surface area contributed by atoms with Crippen LogP contribution in [0.25, 0.3) is 0 Å². The van der Waals surface area contributed by atoms with Crippen molar-refractivity contribution >= 4 is 23.2 Å². The first-order chi connectivity index (χ1) is 6.00. The molecule has 0 radical (unpaired) electrons. The van der Waals surface area contributed by atoms with Crippen molar-refractivity contribution in [2.45, 2.75) is 6.54 Å². The monoisotopic (exact) mass is 219 g/mol. The van der Waals surface area contributed by atoms with Gasteiger partial charge in [0.15, 0.2) is 0 Å². The minimum Gasteiger partial charge on any atom is -0.508 e. The van der Waals surface area contributed by atoms with E-state index in [0.29, 0.717) is 16.6 Å². The van der Waals surface area contributed by atoms with Crippen molar-refractivity contribution in [2.75, 3.05) is 14.1 Å². The fourth-order valence-corrected chi connectivity index (χ4v) is 1.39. The molecule has 1 rings (SSSR count). The lowest BCUT2D eigenvalue weighted by atomic mass is 10.2. The Morgan fingerprint density at radius 2 is 1.77 bits per heavy atom. The Balaban J connectivity index is 3.01. The van der Waals surface area contributed by atoms with Gasteiger partial charge in [-0.25, -0.2) is 0 Å². The minimum atomic E-state index is 0.183. The first-order valence-corrected chi connectivity index (χ1v) is 4.58. The first-order valence-electron chi connectivity index (χ1n) is 3.82. The van der Waals surface area contributed by atoms with E-state index < -0.39 is 0 Å². The van der Waals surface area contributed by atoms with Gasteiger partial charge in [0.1, 0.15) is 5.75 Å². The molecule has 0 spiro atoms. The molecule has 0 aliphatic carbocycles. The fourth-order valence-electron chi connectivity index (χ4n) is 1.04. The number of halogens is 2. The largest absolute Gasteiger partial charge is 0.508 e. The molecule has 72 valence electrons. The van der Waals surface area contributed by atoms with E-state index in [2.05, 4.69) is 0 Å². The first kappa shape index (κ1) is 10.6. The van der Waals surface area contributed by atoms with Crippen molar-refractivity contribution in [3.8, 4) is 5.75 Å². The number of benzene rings is 1. The summed E-state index contributed by atoms with van der Waals surface area (Å²) in [6.07, 6.45) is 0. The Morgan fingerprint density at radius 3 is 2.31 bits per heavy atom. The van der Waals surface area contributed by atoms with Crippen molar-refractivity contribution in [2.24, 2.45) is 0 Å². The van der Waals surface area contributed by atoms with Crippen LogP contribution in [-0.4, -0.2) is 24.1 Å². The number of nitrogens with zero attached hydrogens (tertiary/aromatic N) is 1. The molecule has 1 N–H and O–H groups in total. The summed E-state index contributed by atoms with van der Waals surface area (Å²) in [5.74, 6) is 0.183. The van der Waals surface area contributed by atoms with E-state index in [1.807, 2.05) is 19.0 Å². The van der Waals surface area contributed by atoms with Crippen LogP contribution in [0.15, 0.2) is 12.1 Å². The molecule has 1 aromatic rings. The maximum Gasteiger partial charge on any atom is 0.121 e. The van der Waals surface area contributed by atoms with E-state index in [0.717, 1.165) is 5.56 Å². The molecule has 0 heterocycles. The summed E-state index contributed by atoms with van der Waals surface area (Å²) < 4.78 is 0. The molecular formula is C9H11Cl2NO. The summed E-state index contributed by atoms with van der Waals surface area (Å²) in [6, 6.07) is 3.14. The fraction of sp³-hybridized carbons (Fsp3) is 0.333. The van der Waals surface area contributed by atoms with Gasteiger partial charge in [-0.2, -0.15) is 0 Å². The third-order valence-corrected chi connectivity index (χ3v) is 2.33. The van der Waals surface area contributed by atoms with Gasteiger partial charge in [-0.1, -0.05) is 23.2 Å². The molecule has 0 fully saturated rings. The zero-order valence-electron chi connectivity index (χ0n) is 7.51. The van der Waals surface area contributed by atoms with Gasteiger partial charge in [-0.15, -0.1) is 0 Å². The lowest BCUT2D eigenvalue weighted by Crippen LogP contribution is -2.10. The average molecular weight is 220 g/mol. The highest BCUT2D eigenvalue weighted by atomic mass is 35.5. The van der Waals surface area contributed by atoms with Crippen LogP contribution in [0, 0.1) is 0 Å². The predicted octanol–water partition coefficient (Wildman–Crippen LogP) is 2.76. The molecule has 0 unspecified atom stereocenters. The molecule has 0 atom stereocenters. The Labute approximate surface area is 87.7 Å². The van der Waals surface area contributed by atoms with Crippen LogP contribution in [0.5, 0.6) is 5.75 Å². The van der Waals surface area contributed by atoms with E-state index in [4.69, 9.17) is 23.2 Å². The smallest absolute Gasteiger partial charge is 0.121 e. The normalized spacial score (nSPS) is 10.8. The molecule has 13 heavy (non-hydrogen) atoms. The van der Waals surface area contributed by atoms with Gasteiger partial charge in [0.05, 0.1) is 10.0 Å². The number of hydrogen-bond donors (Lipinski definition) is 1. The summed E-state index contributed by atoms with van der Waals surface area (Å²) in [5, 5.41) is 10.3. The van der Waals surface area contributed by atoms with Crippen LogP contribution < -0.4 is 0 Å². The highest BCUT2D eigenvalue weighted by Crippen LogP contribution is 2.30. The van der Waals surface area contributed by atoms with Crippen molar-refractivity contribution in [1.82, 2.24) is 4.90 Å². The van der Waals surface area contributed by atoms with Crippen molar-refractivity contribution in [3.63, 3.8) is 0 Å². The summed E-state index contributed by atoms with van der Waals surface area (Å²) in [6.45, 7) is 0.642. The van der Waals surface area contributed by atoms with Crippen molar-refractivity contribution < 1.29 is 5.11 Å². The lowest BCUT2D eigenvalue weighted by molar-refractivity contribution is 0.386. The predicted molar refractivity (Wildman–Crippen MR) is 55.5 cm³/mol. The summed E-state index contributed by atoms with van der Waals surface area (Å²) in [4.78, 5) is 1.94. The standard InChI is InChI=1S/C9H11Cl2NO/c1-12(2)5-6-3-7(10)8(11)4-9(6)13/h3-4,13H,5H2,1-2H3. The lowest BCUT2D eigenvalue weighted by Gasteiger charge is -2.11. The van der Waals surface area contributed by atoms with E-state index in [-0.39, 0.29) is 5.75 Å². The Kier molecular flexibility index (Phi) is 3.42. The average Bonchev–Trinajstić information content (AvgIpc) is 1.99. The molecule has 0 aliphatic heterocycles. The molecule has 0 aromatic heterocycles. The molecule has 1 aromatic carbocycles. The molecule has 0 aliphatic rings. The molecule has 0 bridgehead atoms. The van der Waals surface area contributed by atoms with Crippen molar-refractivity contribution in [3.05, 3.63) is 27.7 Å². The molecule has 0 saturated carbocycles. The number of phenols is 1. The second-order valence-electron chi connectivity index (χ2n) is 3.13. The van der Waals surface area contributed by atoms with Crippen molar-refractivity contribution in [1.29, 1.82) is 0 Å². The summed E-state index contributed by atoms with van der Waals surface area (Å²) in [5.41, 5.74) is 0.777. The minimum absolute atomic E-state index is 0.183. The van der Waals surface area contributed by atoms with Crippen LogP contribution in [-0.2, 0) is 6.54 Å². The second kappa shape index (κ2) is 4.18. The van der Waals surface area contributed by atoms with Crippen LogP contribution in [0.4, 0.5) is 0 Å². The van der Waals surface area contributed by atoms with E-state index in [1.165, 1.54) is 6.07 Å². The topological polar surface area (TPSA) is 23.5 Å². The zero-order chi connectivity index (χ0) is 10.0. The molecule has 0 saturated heterocycles. The van der Waals surface area contributed by atoms with Gasteiger partial charge in [-0.05, 0) is 20.2 Å². The van der Waals surface area contributed by atoms with E-state index in [9.17, 15) is 5.11 Å². The van der Waals surface area contributed by atoms with Crippen LogP contribution in [0.2, 0.25) is 10.0 Å². The molecule has 4 heteroatoms. The molecule has 0 amide bonds. The number of hydrogen-bond acceptors (Lipinski definition) is 2. The van der Waals surface area contributed by atoms with Crippen LogP contribution in [0.3, 0.4) is 0 Å². The Morgan fingerprint density at radius 1 is 1.23 bits per heavy atom. The molecule has 2 nitrogen and oxygen atoms in total. The van der Waals surface area contributed by atoms with Crippen LogP contribution in [0.1, 0.15) is 5.56 Å². The third-order valence-electron chi connectivity index (χ3n) is 1.61. The summed E-state index contributed by atoms with van der Waals surface area (Å²) in [7, 11) is 3.84. The highest BCUT2D eigenvalue weighted by Gasteiger charge is 2.06. The third kappa shape index (κ3) is 2.76. The second-order valence-corrected chi connectivity index (χ2v) is 3.95. The highest BCUT2D eigenvalue weighted by molar-refractivity contribution is 6.42. The number of phenolic OH excluding ortho intramolecular Hbond substituents is 1. The van der Waals surface area contributed by atoms with Gasteiger partial charge < -0.3 is 10.0 Å². The summed E-state index contributed by atoms with van der Waals surface area (Å²) >= 11 is 11.5. The Bertz CT molecular complexity index is 313. The van der Waals surface area contributed by atoms with Gasteiger partial charge in [0.25, 0.3) is 0 Å². The van der Waals surface area contributed by atoms with Gasteiger partial charge in [0, 0.05) is 18.2 Å². The van der Waals surface area contributed by atoms with Crippen LogP contribution >= 0.6 is 23.2 Å². The van der Waals surface area contributed by atoms with E-state index in [1.54, 1.807) is 6.07 Å². The molecular weight excluding hydrogens is 209 g/mol. The quantitative estimate of drug-likeness (QED) is 0.828. The number of aromatic hydroxyl groups is 1. The van der Waals surface area contributed by atoms with Gasteiger partial charge >= 0.3 is 0 Å². The Hall–Kier alpha value is -0.440. The zero-order valence-corrected chi connectivity index (χ0v) is 9.02. The van der Waals surface area contributed by atoms with Gasteiger partial charge in [-0.3, -0.25) is 0 Å².